The van der Waals surface area contributed by atoms with Gasteiger partial charge in [0.2, 0.25) is 0 Å². The van der Waals surface area contributed by atoms with Crippen molar-refractivity contribution in [3.8, 4) is 0 Å². The monoisotopic (exact) mass is 302 g/mol. The Morgan fingerprint density at radius 2 is 1.14 bits per heavy atom. The van der Waals surface area contributed by atoms with Gasteiger partial charge in [0.1, 0.15) is 12.1 Å². The fourth-order valence-electron chi connectivity index (χ4n) is 1.31. The second kappa shape index (κ2) is 8.34. The summed E-state index contributed by atoms with van der Waals surface area (Å²) in [5.74, 6) is -0.850. The highest BCUT2D eigenvalue weighted by molar-refractivity contribution is 5.76. The first-order valence-corrected chi connectivity index (χ1v) is 7.32. The maximum absolute atomic E-state index is 11.7. The van der Waals surface area contributed by atoms with E-state index in [2.05, 4.69) is 0 Å². The number of carbonyl (C=O) groups is 2. The maximum Gasteiger partial charge on any atom is 0.323 e. The van der Waals surface area contributed by atoms with Crippen LogP contribution in [-0.4, -0.2) is 37.2 Å². The van der Waals surface area contributed by atoms with Crippen LogP contribution in [0.1, 0.15) is 41.5 Å². The predicted octanol–water partition coefficient (Wildman–Crippen LogP) is 1.07. The van der Waals surface area contributed by atoms with Crippen molar-refractivity contribution in [1.29, 1.82) is 0 Å². The number of ether oxygens (including phenoxy) is 2. The highest BCUT2D eigenvalue weighted by Gasteiger charge is 2.27. The Morgan fingerprint density at radius 3 is 1.38 bits per heavy atom. The molecule has 0 aliphatic heterocycles. The third-order valence-electron chi connectivity index (χ3n) is 3.19. The molecule has 2 atom stereocenters. The molecule has 0 bridgehead atoms. The Bertz CT molecular complexity index is 322. The van der Waals surface area contributed by atoms with E-state index in [1.54, 1.807) is 0 Å². The average molecular weight is 302 g/mol. The van der Waals surface area contributed by atoms with Crippen LogP contribution in [0.25, 0.3) is 0 Å². The number of carbonyl (C=O) groups excluding carboxylic acids is 2. The van der Waals surface area contributed by atoms with E-state index >= 15 is 0 Å². The van der Waals surface area contributed by atoms with Crippen LogP contribution in [0.2, 0.25) is 0 Å². The molecule has 4 N–H and O–H groups in total. The lowest BCUT2D eigenvalue weighted by Gasteiger charge is -2.26. The Hall–Kier alpha value is -1.14. The van der Waals surface area contributed by atoms with Crippen molar-refractivity contribution in [2.45, 2.75) is 53.6 Å². The first-order chi connectivity index (χ1) is 9.48. The second-order valence-corrected chi connectivity index (χ2v) is 6.92. The molecule has 0 aromatic rings. The standard InChI is InChI=1S/C15H30N2O4/c1-9(2)11(16)13(18)20-7-15(5,6)8-21-14(19)12(17)10(3)4/h9-12H,7-8,16-17H2,1-6H3/t11-,12-/m0/s1. The molecule has 0 fully saturated rings. The summed E-state index contributed by atoms with van der Waals surface area (Å²) in [7, 11) is 0. The molecule has 0 spiro atoms. The third kappa shape index (κ3) is 7.43. The molecule has 0 aromatic heterocycles. The Balaban J connectivity index is 4.27. The second-order valence-electron chi connectivity index (χ2n) is 6.92. The summed E-state index contributed by atoms with van der Waals surface area (Å²) in [5.41, 5.74) is 10.9. The zero-order valence-corrected chi connectivity index (χ0v) is 14.0. The van der Waals surface area contributed by atoms with Gasteiger partial charge in [-0.1, -0.05) is 41.5 Å². The molecule has 0 aliphatic rings. The molecular formula is C15H30N2O4. The van der Waals surface area contributed by atoms with Gasteiger partial charge in [-0.25, -0.2) is 0 Å². The SMILES string of the molecule is CC(C)[C@H](N)C(=O)OCC(C)(C)COC(=O)[C@@H](N)C(C)C. The molecule has 0 radical (unpaired) electrons. The molecule has 0 aliphatic carbocycles. The van der Waals surface area contributed by atoms with Crippen molar-refractivity contribution < 1.29 is 19.1 Å². The predicted molar refractivity (Wildman–Crippen MR) is 81.3 cm³/mol. The smallest absolute Gasteiger partial charge is 0.323 e. The van der Waals surface area contributed by atoms with E-state index in [0.29, 0.717) is 0 Å². The molecule has 0 saturated heterocycles. The zero-order valence-electron chi connectivity index (χ0n) is 14.0. The lowest BCUT2D eigenvalue weighted by Crippen LogP contribution is -2.41. The first kappa shape index (κ1) is 19.9. The van der Waals surface area contributed by atoms with E-state index in [0.717, 1.165) is 0 Å². The summed E-state index contributed by atoms with van der Waals surface area (Å²) in [6.07, 6.45) is 0. The van der Waals surface area contributed by atoms with Gasteiger partial charge in [-0.15, -0.1) is 0 Å². The summed E-state index contributed by atoms with van der Waals surface area (Å²) in [5, 5.41) is 0. The Kier molecular flexibility index (Phi) is 7.89. The van der Waals surface area contributed by atoms with Crippen molar-refractivity contribution in [3.05, 3.63) is 0 Å². The normalized spacial score (nSPS) is 15.0. The molecular weight excluding hydrogens is 272 g/mol. The minimum atomic E-state index is -0.641. The van der Waals surface area contributed by atoms with Crippen molar-refractivity contribution in [1.82, 2.24) is 0 Å². The van der Waals surface area contributed by atoms with Crippen LogP contribution in [0, 0.1) is 17.3 Å². The van der Waals surface area contributed by atoms with Crippen LogP contribution < -0.4 is 11.5 Å². The van der Waals surface area contributed by atoms with Gasteiger partial charge in [0.05, 0.1) is 13.2 Å². The van der Waals surface area contributed by atoms with Crippen molar-refractivity contribution in [3.63, 3.8) is 0 Å². The highest BCUT2D eigenvalue weighted by atomic mass is 16.5. The number of nitrogens with two attached hydrogens (primary N) is 2. The summed E-state index contributed by atoms with van der Waals surface area (Å²) in [6.45, 7) is 11.4. The largest absolute Gasteiger partial charge is 0.464 e. The fourth-order valence-corrected chi connectivity index (χ4v) is 1.31. The molecule has 6 nitrogen and oxygen atoms in total. The molecule has 0 heterocycles. The molecule has 0 amide bonds. The molecule has 124 valence electrons. The van der Waals surface area contributed by atoms with Crippen molar-refractivity contribution in [2.24, 2.45) is 28.7 Å². The Labute approximate surface area is 127 Å². The van der Waals surface area contributed by atoms with Crippen molar-refractivity contribution >= 4 is 11.9 Å². The van der Waals surface area contributed by atoms with Crippen molar-refractivity contribution in [2.75, 3.05) is 13.2 Å². The quantitative estimate of drug-likeness (QED) is 0.650. The third-order valence-corrected chi connectivity index (χ3v) is 3.19. The minimum Gasteiger partial charge on any atom is -0.464 e. The summed E-state index contributed by atoms with van der Waals surface area (Å²) >= 11 is 0. The summed E-state index contributed by atoms with van der Waals surface area (Å²) < 4.78 is 10.4. The average Bonchev–Trinajstić information content (AvgIpc) is 2.40. The molecule has 0 aromatic carbocycles. The number of esters is 2. The van der Waals surface area contributed by atoms with Gasteiger partial charge in [0.25, 0.3) is 0 Å². The molecule has 6 heteroatoms. The van der Waals surface area contributed by atoms with Gasteiger partial charge in [0, 0.05) is 5.41 Å². The van der Waals surface area contributed by atoms with Gasteiger partial charge in [0.15, 0.2) is 0 Å². The van der Waals surface area contributed by atoms with E-state index in [1.807, 2.05) is 41.5 Å². The number of hydrogen-bond acceptors (Lipinski definition) is 6. The van der Waals surface area contributed by atoms with Gasteiger partial charge in [-0.2, -0.15) is 0 Å². The molecule has 0 unspecified atom stereocenters. The van der Waals surface area contributed by atoms with Crippen LogP contribution >= 0.6 is 0 Å². The Morgan fingerprint density at radius 1 is 0.857 bits per heavy atom. The highest BCUT2D eigenvalue weighted by Crippen LogP contribution is 2.17. The van der Waals surface area contributed by atoms with Gasteiger partial charge in [-0.05, 0) is 11.8 Å². The van der Waals surface area contributed by atoms with E-state index in [1.165, 1.54) is 0 Å². The van der Waals surface area contributed by atoms with Crippen LogP contribution in [-0.2, 0) is 19.1 Å². The van der Waals surface area contributed by atoms with Crippen LogP contribution in [0.5, 0.6) is 0 Å². The number of hydrogen-bond donors (Lipinski definition) is 2. The van der Waals surface area contributed by atoms with Crippen LogP contribution in [0.3, 0.4) is 0 Å². The minimum absolute atomic E-state index is 0.0162. The zero-order chi connectivity index (χ0) is 16.8. The maximum atomic E-state index is 11.7. The summed E-state index contributed by atoms with van der Waals surface area (Å²) in [4.78, 5) is 23.4. The fraction of sp³-hybridized carbons (Fsp3) is 0.867. The van der Waals surface area contributed by atoms with Gasteiger partial charge >= 0.3 is 11.9 Å². The van der Waals surface area contributed by atoms with Crippen LogP contribution in [0.4, 0.5) is 0 Å². The molecule has 0 rings (SSSR count). The number of rotatable bonds is 8. The topological polar surface area (TPSA) is 105 Å². The van der Waals surface area contributed by atoms with E-state index in [9.17, 15) is 9.59 Å². The summed E-state index contributed by atoms with van der Waals surface area (Å²) in [6, 6.07) is -1.28. The lowest BCUT2D eigenvalue weighted by atomic mass is 9.96. The first-order valence-electron chi connectivity index (χ1n) is 7.32. The van der Waals surface area contributed by atoms with E-state index in [4.69, 9.17) is 20.9 Å². The van der Waals surface area contributed by atoms with Gasteiger partial charge in [-0.3, -0.25) is 9.59 Å². The van der Waals surface area contributed by atoms with Gasteiger partial charge < -0.3 is 20.9 Å². The molecule has 0 saturated carbocycles. The van der Waals surface area contributed by atoms with Crippen LogP contribution in [0.15, 0.2) is 0 Å². The van der Waals surface area contributed by atoms with E-state index < -0.39 is 29.4 Å². The van der Waals surface area contributed by atoms with E-state index in [-0.39, 0.29) is 25.0 Å². The molecule has 21 heavy (non-hydrogen) atoms. The lowest BCUT2D eigenvalue weighted by molar-refractivity contribution is -0.155.